The van der Waals surface area contributed by atoms with E-state index in [1.165, 1.54) is 18.4 Å². The number of likely N-dealkylation sites (tertiary alicyclic amines) is 1. The summed E-state index contributed by atoms with van der Waals surface area (Å²) < 4.78 is 2.17. The van der Waals surface area contributed by atoms with Gasteiger partial charge in [-0.25, -0.2) is 4.98 Å². The number of aromatic nitrogens is 2. The molecule has 1 aromatic carbocycles. The predicted octanol–water partition coefficient (Wildman–Crippen LogP) is 2.67. The van der Waals surface area contributed by atoms with Gasteiger partial charge in [0.2, 0.25) is 0 Å². The summed E-state index contributed by atoms with van der Waals surface area (Å²) in [5.41, 5.74) is 1.30. The first-order chi connectivity index (χ1) is 9.72. The number of piperidine rings is 1. The Balaban J connectivity index is 1.63. The number of hydrogen-bond acceptors (Lipinski definition) is 3. The van der Waals surface area contributed by atoms with Gasteiger partial charge in [0.1, 0.15) is 5.75 Å². The lowest BCUT2D eigenvalue weighted by molar-refractivity contribution is 0.128. The SMILES string of the molecule is CN1CC(Cn2ccnc2)CCC1c1ccc(O)cc1. The van der Waals surface area contributed by atoms with Crippen LogP contribution in [0, 0.1) is 5.92 Å². The Labute approximate surface area is 119 Å². The Morgan fingerprint density at radius 2 is 2.05 bits per heavy atom. The number of phenols is 1. The normalized spacial score (nSPS) is 23.9. The zero-order valence-corrected chi connectivity index (χ0v) is 11.8. The quantitative estimate of drug-likeness (QED) is 0.933. The predicted molar refractivity (Wildman–Crippen MR) is 78.4 cm³/mol. The molecule has 20 heavy (non-hydrogen) atoms. The topological polar surface area (TPSA) is 41.3 Å². The van der Waals surface area contributed by atoms with E-state index in [9.17, 15) is 5.11 Å². The fourth-order valence-electron chi connectivity index (χ4n) is 3.20. The van der Waals surface area contributed by atoms with Crippen molar-refractivity contribution in [1.29, 1.82) is 0 Å². The van der Waals surface area contributed by atoms with Crippen molar-refractivity contribution in [3.63, 3.8) is 0 Å². The molecule has 0 saturated carbocycles. The molecule has 1 saturated heterocycles. The van der Waals surface area contributed by atoms with Crippen molar-refractivity contribution in [2.24, 2.45) is 5.92 Å². The maximum absolute atomic E-state index is 9.38. The molecular weight excluding hydrogens is 250 g/mol. The van der Waals surface area contributed by atoms with Gasteiger partial charge in [0.25, 0.3) is 0 Å². The van der Waals surface area contributed by atoms with Gasteiger partial charge >= 0.3 is 0 Å². The van der Waals surface area contributed by atoms with Crippen molar-refractivity contribution in [3.8, 4) is 5.75 Å². The van der Waals surface area contributed by atoms with Gasteiger partial charge in [0.05, 0.1) is 6.33 Å². The van der Waals surface area contributed by atoms with Gasteiger partial charge in [-0.05, 0) is 43.5 Å². The van der Waals surface area contributed by atoms with E-state index in [1.54, 1.807) is 12.1 Å². The summed E-state index contributed by atoms with van der Waals surface area (Å²) in [5, 5.41) is 9.38. The number of hydrogen-bond donors (Lipinski definition) is 1. The van der Waals surface area contributed by atoms with Gasteiger partial charge in [-0.2, -0.15) is 0 Å². The summed E-state index contributed by atoms with van der Waals surface area (Å²) in [6, 6.07) is 8.09. The molecule has 0 bridgehead atoms. The van der Waals surface area contributed by atoms with Crippen LogP contribution in [0.25, 0.3) is 0 Å². The molecule has 2 heterocycles. The number of aromatic hydroxyl groups is 1. The van der Waals surface area contributed by atoms with Crippen molar-refractivity contribution in [3.05, 3.63) is 48.5 Å². The van der Waals surface area contributed by atoms with Crippen LogP contribution in [0.5, 0.6) is 5.75 Å². The lowest BCUT2D eigenvalue weighted by Gasteiger charge is -2.37. The maximum atomic E-state index is 9.38. The standard InChI is InChI=1S/C16H21N3O/c1-18-10-13(11-19-9-8-17-12-19)2-7-16(18)14-3-5-15(20)6-4-14/h3-6,8-9,12-13,16,20H,2,7,10-11H2,1H3. The lowest BCUT2D eigenvalue weighted by Crippen LogP contribution is -2.36. The van der Waals surface area contributed by atoms with Crippen LogP contribution in [0.2, 0.25) is 0 Å². The first-order valence-electron chi connectivity index (χ1n) is 7.17. The van der Waals surface area contributed by atoms with E-state index < -0.39 is 0 Å². The molecule has 4 nitrogen and oxygen atoms in total. The van der Waals surface area contributed by atoms with Crippen LogP contribution in [-0.4, -0.2) is 33.1 Å². The third-order valence-electron chi connectivity index (χ3n) is 4.23. The van der Waals surface area contributed by atoms with E-state index in [0.717, 1.165) is 13.1 Å². The third kappa shape index (κ3) is 2.85. The fourth-order valence-corrected chi connectivity index (χ4v) is 3.20. The molecule has 2 atom stereocenters. The Kier molecular flexibility index (Phi) is 3.74. The van der Waals surface area contributed by atoms with Crippen LogP contribution in [0.4, 0.5) is 0 Å². The summed E-state index contributed by atoms with van der Waals surface area (Å²) >= 11 is 0. The first-order valence-corrected chi connectivity index (χ1v) is 7.17. The average molecular weight is 271 g/mol. The molecule has 1 aromatic heterocycles. The Hall–Kier alpha value is -1.81. The van der Waals surface area contributed by atoms with Crippen molar-refractivity contribution >= 4 is 0 Å². The molecule has 0 aliphatic carbocycles. The molecule has 2 unspecified atom stereocenters. The third-order valence-corrected chi connectivity index (χ3v) is 4.23. The number of benzene rings is 1. The smallest absolute Gasteiger partial charge is 0.115 e. The van der Waals surface area contributed by atoms with E-state index in [0.29, 0.717) is 17.7 Å². The number of rotatable bonds is 3. The fraction of sp³-hybridized carbons (Fsp3) is 0.438. The minimum Gasteiger partial charge on any atom is -0.508 e. The second-order valence-electron chi connectivity index (χ2n) is 5.75. The van der Waals surface area contributed by atoms with E-state index in [4.69, 9.17) is 0 Å². The molecule has 0 spiro atoms. The molecule has 2 aromatic rings. The number of nitrogens with zero attached hydrogens (tertiary/aromatic N) is 3. The van der Waals surface area contributed by atoms with Crippen LogP contribution in [0.15, 0.2) is 43.0 Å². The molecule has 1 N–H and O–H groups in total. The van der Waals surface area contributed by atoms with E-state index in [2.05, 4.69) is 21.5 Å². The van der Waals surface area contributed by atoms with E-state index in [-0.39, 0.29) is 0 Å². The second-order valence-corrected chi connectivity index (χ2v) is 5.75. The monoisotopic (exact) mass is 271 g/mol. The van der Waals surface area contributed by atoms with Gasteiger partial charge in [-0.1, -0.05) is 12.1 Å². The van der Waals surface area contributed by atoms with Gasteiger partial charge in [-0.3, -0.25) is 4.90 Å². The van der Waals surface area contributed by atoms with Gasteiger partial charge in [0.15, 0.2) is 0 Å². The highest BCUT2D eigenvalue weighted by Crippen LogP contribution is 2.33. The zero-order chi connectivity index (χ0) is 13.9. The minimum atomic E-state index is 0.338. The summed E-state index contributed by atoms with van der Waals surface area (Å²) in [6.07, 6.45) is 8.17. The Morgan fingerprint density at radius 1 is 1.25 bits per heavy atom. The first kappa shape index (κ1) is 13.2. The van der Waals surface area contributed by atoms with E-state index in [1.807, 2.05) is 30.9 Å². The second kappa shape index (κ2) is 5.67. The van der Waals surface area contributed by atoms with Crippen LogP contribution < -0.4 is 0 Å². The van der Waals surface area contributed by atoms with E-state index >= 15 is 0 Å². The Bertz CT molecular complexity index is 535. The molecule has 0 radical (unpaired) electrons. The van der Waals surface area contributed by atoms with Crippen LogP contribution >= 0.6 is 0 Å². The largest absolute Gasteiger partial charge is 0.508 e. The maximum Gasteiger partial charge on any atom is 0.115 e. The van der Waals surface area contributed by atoms with Crippen LogP contribution in [0.1, 0.15) is 24.4 Å². The molecule has 4 heteroatoms. The van der Waals surface area contributed by atoms with Crippen LogP contribution in [0.3, 0.4) is 0 Å². The molecule has 3 rings (SSSR count). The minimum absolute atomic E-state index is 0.338. The molecular formula is C16H21N3O. The summed E-state index contributed by atoms with van der Waals surface area (Å²) in [7, 11) is 2.19. The number of imidazole rings is 1. The molecule has 1 fully saturated rings. The molecule has 1 aliphatic rings. The summed E-state index contributed by atoms with van der Waals surface area (Å²) in [6.45, 7) is 2.15. The molecule has 1 aliphatic heterocycles. The number of phenolic OH excluding ortho intramolecular Hbond substituents is 1. The highest BCUT2D eigenvalue weighted by molar-refractivity contribution is 5.28. The van der Waals surface area contributed by atoms with Crippen molar-refractivity contribution < 1.29 is 5.11 Å². The summed E-state index contributed by atoms with van der Waals surface area (Å²) in [5.74, 6) is 1.02. The van der Waals surface area contributed by atoms with Gasteiger partial charge in [0, 0.05) is 31.5 Å². The van der Waals surface area contributed by atoms with Crippen molar-refractivity contribution in [2.75, 3.05) is 13.6 Å². The zero-order valence-electron chi connectivity index (χ0n) is 11.8. The Morgan fingerprint density at radius 3 is 2.70 bits per heavy atom. The highest BCUT2D eigenvalue weighted by Gasteiger charge is 2.26. The lowest BCUT2D eigenvalue weighted by atomic mass is 9.89. The molecule has 0 amide bonds. The van der Waals surface area contributed by atoms with Gasteiger partial charge < -0.3 is 9.67 Å². The molecule has 106 valence electrons. The average Bonchev–Trinajstić information content (AvgIpc) is 2.93. The summed E-state index contributed by atoms with van der Waals surface area (Å²) in [4.78, 5) is 6.53. The van der Waals surface area contributed by atoms with Gasteiger partial charge in [-0.15, -0.1) is 0 Å². The van der Waals surface area contributed by atoms with Crippen molar-refractivity contribution in [1.82, 2.24) is 14.5 Å². The van der Waals surface area contributed by atoms with Crippen LogP contribution in [-0.2, 0) is 6.54 Å². The van der Waals surface area contributed by atoms with Crippen molar-refractivity contribution in [2.45, 2.75) is 25.4 Å². The highest BCUT2D eigenvalue weighted by atomic mass is 16.3.